The van der Waals surface area contributed by atoms with Crippen LogP contribution in [0.25, 0.3) is 0 Å². The standard InChI is InChI=1S/C14H18N2O3S2/c1-9-7-11(3)20-14(9)21(17,18)16-6-4-5-12(16)13-8-10(2)15-19-13/h7-8,12H,4-6H2,1-3H3. The Bertz CT molecular complexity index is 761. The van der Waals surface area contributed by atoms with E-state index in [1.165, 1.54) is 11.3 Å². The summed E-state index contributed by atoms with van der Waals surface area (Å²) in [6, 6.07) is 3.50. The van der Waals surface area contributed by atoms with Crippen LogP contribution in [-0.2, 0) is 10.0 Å². The Labute approximate surface area is 128 Å². The minimum atomic E-state index is -3.47. The van der Waals surface area contributed by atoms with E-state index < -0.39 is 10.0 Å². The number of aryl methyl sites for hydroxylation is 3. The van der Waals surface area contributed by atoms with Gasteiger partial charge in [-0.25, -0.2) is 8.42 Å². The maximum atomic E-state index is 12.9. The van der Waals surface area contributed by atoms with Gasteiger partial charge in [-0.05, 0) is 45.2 Å². The van der Waals surface area contributed by atoms with Crippen LogP contribution < -0.4 is 0 Å². The van der Waals surface area contributed by atoms with Crippen LogP contribution in [0.4, 0.5) is 0 Å². The van der Waals surface area contributed by atoms with E-state index in [-0.39, 0.29) is 6.04 Å². The van der Waals surface area contributed by atoms with Crippen molar-refractivity contribution in [2.24, 2.45) is 0 Å². The van der Waals surface area contributed by atoms with Crippen molar-refractivity contribution in [1.29, 1.82) is 0 Å². The molecule has 1 unspecified atom stereocenters. The minimum Gasteiger partial charge on any atom is -0.359 e. The molecule has 1 atom stereocenters. The summed E-state index contributed by atoms with van der Waals surface area (Å²) in [6.07, 6.45) is 1.62. The normalized spacial score (nSPS) is 20.2. The van der Waals surface area contributed by atoms with Gasteiger partial charge in [0, 0.05) is 17.5 Å². The minimum absolute atomic E-state index is 0.238. The highest BCUT2D eigenvalue weighted by Crippen LogP contribution is 2.39. The fraction of sp³-hybridized carbons (Fsp3) is 0.500. The highest BCUT2D eigenvalue weighted by molar-refractivity contribution is 7.91. The van der Waals surface area contributed by atoms with Crippen molar-refractivity contribution < 1.29 is 12.9 Å². The summed E-state index contributed by atoms with van der Waals surface area (Å²) in [5.74, 6) is 0.638. The van der Waals surface area contributed by atoms with Crippen molar-refractivity contribution in [2.75, 3.05) is 6.54 Å². The van der Waals surface area contributed by atoms with Gasteiger partial charge in [-0.3, -0.25) is 0 Å². The van der Waals surface area contributed by atoms with Crippen LogP contribution >= 0.6 is 11.3 Å². The number of sulfonamides is 1. The topological polar surface area (TPSA) is 63.4 Å². The SMILES string of the molecule is Cc1cc(C2CCCN2S(=O)(=O)c2sc(C)cc2C)on1. The molecule has 5 nitrogen and oxygen atoms in total. The lowest BCUT2D eigenvalue weighted by Crippen LogP contribution is -2.30. The van der Waals surface area contributed by atoms with Gasteiger partial charge in [0.15, 0.2) is 5.76 Å². The van der Waals surface area contributed by atoms with Crippen LogP contribution in [0.1, 0.15) is 40.8 Å². The monoisotopic (exact) mass is 326 g/mol. The van der Waals surface area contributed by atoms with Gasteiger partial charge in [-0.1, -0.05) is 5.16 Å². The van der Waals surface area contributed by atoms with Crippen molar-refractivity contribution in [3.05, 3.63) is 34.0 Å². The molecule has 0 aliphatic carbocycles. The molecule has 0 amide bonds. The van der Waals surface area contributed by atoms with E-state index >= 15 is 0 Å². The molecule has 1 fully saturated rings. The lowest BCUT2D eigenvalue weighted by molar-refractivity contribution is 0.297. The molecule has 1 aliphatic rings. The summed E-state index contributed by atoms with van der Waals surface area (Å²) in [5, 5.41) is 3.88. The van der Waals surface area contributed by atoms with Crippen molar-refractivity contribution in [2.45, 2.75) is 43.9 Å². The van der Waals surface area contributed by atoms with E-state index in [1.54, 1.807) is 4.31 Å². The molecular weight excluding hydrogens is 308 g/mol. The number of thiophene rings is 1. The smallest absolute Gasteiger partial charge is 0.253 e. The van der Waals surface area contributed by atoms with E-state index in [0.29, 0.717) is 16.5 Å². The van der Waals surface area contributed by atoms with E-state index in [1.807, 2.05) is 32.9 Å². The Hall–Kier alpha value is -1.18. The van der Waals surface area contributed by atoms with Crippen molar-refractivity contribution in [1.82, 2.24) is 9.46 Å². The maximum absolute atomic E-state index is 12.9. The first kappa shape index (κ1) is 14.7. The second-order valence-corrected chi connectivity index (χ2v) is 8.81. The van der Waals surface area contributed by atoms with Crippen molar-refractivity contribution in [3.8, 4) is 0 Å². The predicted molar refractivity (Wildman–Crippen MR) is 80.9 cm³/mol. The van der Waals surface area contributed by atoms with Gasteiger partial charge in [0.1, 0.15) is 4.21 Å². The van der Waals surface area contributed by atoms with Gasteiger partial charge < -0.3 is 4.52 Å². The summed E-state index contributed by atoms with van der Waals surface area (Å²) < 4.78 is 33.2. The molecule has 1 saturated heterocycles. The van der Waals surface area contributed by atoms with Crippen LogP contribution in [0.5, 0.6) is 0 Å². The second-order valence-electron chi connectivity index (χ2n) is 5.47. The molecule has 2 aromatic heterocycles. The molecule has 0 radical (unpaired) electrons. The zero-order chi connectivity index (χ0) is 15.2. The number of nitrogens with zero attached hydrogens (tertiary/aromatic N) is 2. The van der Waals surface area contributed by atoms with Gasteiger partial charge in [-0.2, -0.15) is 4.31 Å². The van der Waals surface area contributed by atoms with Crippen molar-refractivity contribution in [3.63, 3.8) is 0 Å². The summed E-state index contributed by atoms with van der Waals surface area (Å²) in [5.41, 5.74) is 1.59. The lowest BCUT2D eigenvalue weighted by Gasteiger charge is -2.21. The van der Waals surface area contributed by atoms with Crippen LogP contribution in [0.3, 0.4) is 0 Å². The first-order valence-corrected chi connectivity index (χ1v) is 9.17. The molecule has 21 heavy (non-hydrogen) atoms. The molecule has 0 bridgehead atoms. The largest absolute Gasteiger partial charge is 0.359 e. The van der Waals surface area contributed by atoms with Crippen LogP contribution in [0, 0.1) is 20.8 Å². The molecule has 0 saturated carbocycles. The molecule has 114 valence electrons. The third-order valence-electron chi connectivity index (χ3n) is 3.72. The van der Waals surface area contributed by atoms with Gasteiger partial charge in [0.05, 0.1) is 11.7 Å². The number of hydrogen-bond acceptors (Lipinski definition) is 5. The fourth-order valence-electron chi connectivity index (χ4n) is 2.84. The highest BCUT2D eigenvalue weighted by Gasteiger charge is 2.39. The summed E-state index contributed by atoms with van der Waals surface area (Å²) >= 11 is 1.33. The fourth-order valence-corrected chi connectivity index (χ4v) is 6.28. The second kappa shape index (κ2) is 5.23. The van der Waals surface area contributed by atoms with E-state index in [9.17, 15) is 8.42 Å². The Kier molecular flexibility index (Phi) is 3.67. The molecule has 1 aliphatic heterocycles. The maximum Gasteiger partial charge on any atom is 0.253 e. The Morgan fingerprint density at radius 3 is 2.67 bits per heavy atom. The highest BCUT2D eigenvalue weighted by atomic mass is 32.2. The number of rotatable bonds is 3. The van der Waals surface area contributed by atoms with E-state index in [4.69, 9.17) is 4.52 Å². The summed E-state index contributed by atoms with van der Waals surface area (Å²) in [6.45, 7) is 6.15. The third kappa shape index (κ3) is 2.54. The molecular formula is C14H18N2O3S2. The Balaban J connectivity index is 2.00. The van der Waals surface area contributed by atoms with Crippen LogP contribution in [-0.4, -0.2) is 24.4 Å². The lowest BCUT2D eigenvalue weighted by atomic mass is 10.2. The number of aromatic nitrogens is 1. The third-order valence-corrected chi connectivity index (χ3v) is 7.39. The summed E-state index contributed by atoms with van der Waals surface area (Å²) in [4.78, 5) is 1.01. The van der Waals surface area contributed by atoms with E-state index in [0.717, 1.165) is 29.0 Å². The van der Waals surface area contributed by atoms with Gasteiger partial charge in [0.2, 0.25) is 0 Å². The predicted octanol–water partition coefficient (Wildman–Crippen LogP) is 3.19. The van der Waals surface area contributed by atoms with Crippen molar-refractivity contribution >= 4 is 21.4 Å². The number of hydrogen-bond donors (Lipinski definition) is 0. The van der Waals surface area contributed by atoms with Crippen LogP contribution in [0.15, 0.2) is 20.9 Å². The molecule has 7 heteroatoms. The molecule has 3 heterocycles. The Morgan fingerprint density at radius 1 is 1.33 bits per heavy atom. The molecule has 2 aromatic rings. The van der Waals surface area contributed by atoms with E-state index in [2.05, 4.69) is 5.16 Å². The zero-order valence-electron chi connectivity index (χ0n) is 12.3. The van der Waals surface area contributed by atoms with Crippen LogP contribution in [0.2, 0.25) is 0 Å². The zero-order valence-corrected chi connectivity index (χ0v) is 13.9. The average Bonchev–Trinajstić information content (AvgIpc) is 3.08. The molecule has 3 rings (SSSR count). The van der Waals surface area contributed by atoms with Gasteiger partial charge >= 0.3 is 0 Å². The first-order valence-electron chi connectivity index (χ1n) is 6.91. The van der Waals surface area contributed by atoms with Gasteiger partial charge in [0.25, 0.3) is 10.0 Å². The van der Waals surface area contributed by atoms with Gasteiger partial charge in [-0.15, -0.1) is 11.3 Å². The molecule has 0 N–H and O–H groups in total. The quantitative estimate of drug-likeness (QED) is 0.869. The Morgan fingerprint density at radius 2 is 2.10 bits per heavy atom. The first-order chi connectivity index (χ1) is 9.89. The summed E-state index contributed by atoms with van der Waals surface area (Å²) in [7, 11) is -3.47. The molecule has 0 spiro atoms. The average molecular weight is 326 g/mol. The molecule has 0 aromatic carbocycles.